The van der Waals surface area contributed by atoms with Crippen molar-refractivity contribution in [2.24, 2.45) is 0 Å². The van der Waals surface area contributed by atoms with Crippen LogP contribution in [0.3, 0.4) is 0 Å². The van der Waals surface area contributed by atoms with Crippen LogP contribution in [0.25, 0.3) is 0 Å². The van der Waals surface area contributed by atoms with Gasteiger partial charge in [-0.25, -0.2) is 12.8 Å². The number of nitrogens with zero attached hydrogens (tertiary/aromatic N) is 2. The maximum Gasteiger partial charge on any atom is 0.255 e. The highest BCUT2D eigenvalue weighted by Gasteiger charge is 2.30. The Balaban J connectivity index is 1.93. The number of carbonyl (C=O) groups is 1. The van der Waals surface area contributed by atoms with E-state index in [1.54, 1.807) is 23.1 Å². The van der Waals surface area contributed by atoms with Crippen LogP contribution in [-0.2, 0) is 10.0 Å². The van der Waals surface area contributed by atoms with E-state index in [1.807, 2.05) is 14.1 Å². The number of benzene rings is 2. The molecule has 1 saturated heterocycles. The van der Waals surface area contributed by atoms with Gasteiger partial charge in [-0.05, 0) is 49.2 Å². The van der Waals surface area contributed by atoms with Gasteiger partial charge in [0.05, 0.1) is 11.4 Å². The Morgan fingerprint density at radius 1 is 1.14 bits per heavy atom. The quantitative estimate of drug-likeness (QED) is 0.794. The molecule has 1 N–H and O–H groups in total. The number of nitrogens with one attached hydrogen (secondary N) is 1. The minimum Gasteiger partial charge on any atom is -0.376 e. The molecule has 28 heavy (non-hydrogen) atoms. The van der Waals surface area contributed by atoms with Crippen LogP contribution in [0.1, 0.15) is 23.2 Å². The third kappa shape index (κ3) is 4.14. The largest absolute Gasteiger partial charge is 0.376 e. The van der Waals surface area contributed by atoms with Crippen LogP contribution in [-0.4, -0.2) is 45.8 Å². The third-order valence-electron chi connectivity index (χ3n) is 4.56. The van der Waals surface area contributed by atoms with Crippen LogP contribution >= 0.6 is 11.6 Å². The number of amides is 1. The molecule has 0 aromatic heterocycles. The Hall–Kier alpha value is -2.16. The Labute approximate surface area is 168 Å². The lowest BCUT2D eigenvalue weighted by molar-refractivity contribution is 0.102. The first kappa shape index (κ1) is 20.6. The van der Waals surface area contributed by atoms with Crippen LogP contribution in [0.2, 0.25) is 5.02 Å². The van der Waals surface area contributed by atoms with Crippen molar-refractivity contribution in [2.45, 2.75) is 17.7 Å². The first-order chi connectivity index (χ1) is 13.2. The minimum absolute atomic E-state index is 0.0452. The van der Waals surface area contributed by atoms with Gasteiger partial charge in [-0.15, -0.1) is 0 Å². The molecule has 2 aromatic carbocycles. The van der Waals surface area contributed by atoms with E-state index < -0.39 is 26.6 Å². The molecule has 1 fully saturated rings. The highest BCUT2D eigenvalue weighted by atomic mass is 35.5. The summed E-state index contributed by atoms with van der Waals surface area (Å²) in [7, 11) is -0.344. The smallest absolute Gasteiger partial charge is 0.255 e. The van der Waals surface area contributed by atoms with E-state index >= 15 is 0 Å². The zero-order valence-corrected chi connectivity index (χ0v) is 17.1. The molecule has 1 aliphatic rings. The van der Waals surface area contributed by atoms with Gasteiger partial charge >= 0.3 is 0 Å². The molecule has 0 atom stereocenters. The second-order valence-corrected chi connectivity index (χ2v) is 9.11. The summed E-state index contributed by atoms with van der Waals surface area (Å²) in [5.74, 6) is -1.43. The van der Waals surface area contributed by atoms with E-state index in [0.717, 1.165) is 30.7 Å². The molecule has 2 aromatic rings. The first-order valence-electron chi connectivity index (χ1n) is 8.78. The van der Waals surface area contributed by atoms with Crippen molar-refractivity contribution >= 4 is 38.9 Å². The number of anilines is 2. The number of halogens is 2. The topological polar surface area (TPSA) is 69.7 Å². The van der Waals surface area contributed by atoms with Gasteiger partial charge in [0.15, 0.2) is 0 Å². The highest BCUT2D eigenvalue weighted by Crippen LogP contribution is 2.29. The standard InChI is InChI=1S/C19H21ClFN3O3S/c1-23(2)17-8-6-14(20)12-16(17)22-19(25)13-5-7-15(21)18(11-13)28(26,27)24-9-3-4-10-24/h5-8,11-12H,3-4,9-10H2,1-2H3,(H,22,25). The van der Waals surface area contributed by atoms with Crippen molar-refractivity contribution in [1.82, 2.24) is 4.31 Å². The number of hydrogen-bond donors (Lipinski definition) is 1. The van der Waals surface area contributed by atoms with Crippen LogP contribution in [0.4, 0.5) is 15.8 Å². The molecule has 0 bridgehead atoms. The lowest BCUT2D eigenvalue weighted by Gasteiger charge is -2.19. The molecule has 0 radical (unpaired) electrons. The number of sulfonamides is 1. The summed E-state index contributed by atoms with van der Waals surface area (Å²) < 4.78 is 40.9. The molecule has 1 heterocycles. The van der Waals surface area contributed by atoms with Gasteiger partial charge in [0, 0.05) is 37.8 Å². The molecule has 0 unspecified atom stereocenters. The highest BCUT2D eigenvalue weighted by molar-refractivity contribution is 7.89. The van der Waals surface area contributed by atoms with Gasteiger partial charge in [0.1, 0.15) is 10.7 Å². The molecule has 6 nitrogen and oxygen atoms in total. The number of carbonyl (C=O) groups excluding carboxylic acids is 1. The molecular weight excluding hydrogens is 405 g/mol. The van der Waals surface area contributed by atoms with Gasteiger partial charge < -0.3 is 10.2 Å². The Morgan fingerprint density at radius 3 is 2.46 bits per heavy atom. The summed E-state index contributed by atoms with van der Waals surface area (Å²) in [5.41, 5.74) is 1.24. The molecule has 1 amide bonds. The van der Waals surface area contributed by atoms with Gasteiger partial charge in [-0.2, -0.15) is 4.31 Å². The summed E-state index contributed by atoms with van der Waals surface area (Å²) in [6.45, 7) is 0.708. The Kier molecular flexibility index (Phi) is 5.92. The van der Waals surface area contributed by atoms with E-state index in [4.69, 9.17) is 11.6 Å². The molecule has 0 spiro atoms. The maximum atomic E-state index is 14.3. The van der Waals surface area contributed by atoms with Crippen molar-refractivity contribution in [3.05, 3.63) is 52.8 Å². The monoisotopic (exact) mass is 425 g/mol. The molecule has 3 rings (SSSR count). The van der Waals surface area contributed by atoms with Crippen LogP contribution in [0.15, 0.2) is 41.3 Å². The second-order valence-electron chi connectivity index (χ2n) is 6.77. The van der Waals surface area contributed by atoms with E-state index in [-0.39, 0.29) is 5.56 Å². The normalized spacial score (nSPS) is 14.9. The molecule has 150 valence electrons. The van der Waals surface area contributed by atoms with Crippen molar-refractivity contribution in [3.63, 3.8) is 0 Å². The van der Waals surface area contributed by atoms with Gasteiger partial charge in [-0.1, -0.05) is 11.6 Å². The lowest BCUT2D eigenvalue weighted by Crippen LogP contribution is -2.29. The SMILES string of the molecule is CN(C)c1ccc(Cl)cc1NC(=O)c1ccc(F)c(S(=O)(=O)N2CCCC2)c1. The number of hydrogen-bond acceptors (Lipinski definition) is 4. The average Bonchev–Trinajstić information content (AvgIpc) is 3.17. The third-order valence-corrected chi connectivity index (χ3v) is 6.71. The summed E-state index contributed by atoms with van der Waals surface area (Å²) in [6.07, 6.45) is 1.48. The van der Waals surface area contributed by atoms with Gasteiger partial charge in [-0.3, -0.25) is 4.79 Å². The Morgan fingerprint density at radius 2 is 1.82 bits per heavy atom. The first-order valence-corrected chi connectivity index (χ1v) is 10.6. The zero-order chi connectivity index (χ0) is 20.5. The van der Waals surface area contributed by atoms with Crippen molar-refractivity contribution in [2.75, 3.05) is 37.4 Å². The van der Waals surface area contributed by atoms with Crippen LogP contribution in [0, 0.1) is 5.82 Å². The van der Waals surface area contributed by atoms with Gasteiger partial charge in [0.25, 0.3) is 5.91 Å². The summed E-state index contributed by atoms with van der Waals surface area (Å²) in [4.78, 5) is 14.0. The molecule has 9 heteroatoms. The van der Waals surface area contributed by atoms with Crippen LogP contribution < -0.4 is 10.2 Å². The number of rotatable bonds is 5. The van der Waals surface area contributed by atoms with Crippen molar-refractivity contribution in [1.29, 1.82) is 0 Å². The van der Waals surface area contributed by atoms with Crippen molar-refractivity contribution in [3.8, 4) is 0 Å². The fourth-order valence-corrected chi connectivity index (χ4v) is 4.88. The van der Waals surface area contributed by atoms with E-state index in [0.29, 0.717) is 23.8 Å². The second kappa shape index (κ2) is 8.06. The molecule has 0 saturated carbocycles. The van der Waals surface area contributed by atoms with Crippen molar-refractivity contribution < 1.29 is 17.6 Å². The van der Waals surface area contributed by atoms with E-state index in [9.17, 15) is 17.6 Å². The summed E-state index contributed by atoms with van der Waals surface area (Å²) >= 11 is 6.03. The molecule has 1 aliphatic heterocycles. The predicted molar refractivity (Wildman–Crippen MR) is 108 cm³/mol. The zero-order valence-electron chi connectivity index (χ0n) is 15.6. The van der Waals surface area contributed by atoms with E-state index in [1.165, 1.54) is 10.4 Å². The lowest BCUT2D eigenvalue weighted by atomic mass is 10.2. The average molecular weight is 426 g/mol. The predicted octanol–water partition coefficient (Wildman–Crippen LogP) is 3.58. The summed E-state index contributed by atoms with van der Waals surface area (Å²) in [5, 5.41) is 3.16. The van der Waals surface area contributed by atoms with E-state index in [2.05, 4.69) is 5.32 Å². The Bertz CT molecular complexity index is 1010. The fourth-order valence-electron chi connectivity index (χ4n) is 3.10. The maximum absolute atomic E-state index is 14.3. The van der Waals surface area contributed by atoms with Gasteiger partial charge in [0.2, 0.25) is 10.0 Å². The van der Waals surface area contributed by atoms with Crippen LogP contribution in [0.5, 0.6) is 0 Å². The molecular formula is C19H21ClFN3O3S. The minimum atomic E-state index is -3.98. The summed E-state index contributed by atoms with van der Waals surface area (Å²) in [6, 6.07) is 8.39. The fraction of sp³-hybridized carbons (Fsp3) is 0.316. The molecule has 0 aliphatic carbocycles.